The number of hydrogen-bond donors (Lipinski definition) is 1. The SMILES string of the molecule is CC(C)=CC(=O)Nc1ccc(Br)cc1C. The van der Waals surface area contributed by atoms with Crippen molar-refractivity contribution in [1.82, 2.24) is 0 Å². The Bertz CT molecular complexity index is 406. The average Bonchev–Trinajstić information content (AvgIpc) is 2.08. The van der Waals surface area contributed by atoms with Crippen LogP contribution in [0.15, 0.2) is 34.3 Å². The molecule has 1 aromatic carbocycles. The molecule has 3 heteroatoms. The van der Waals surface area contributed by atoms with Gasteiger partial charge in [0, 0.05) is 16.2 Å². The molecule has 0 bridgehead atoms. The van der Waals surface area contributed by atoms with E-state index in [1.807, 2.05) is 39.0 Å². The summed E-state index contributed by atoms with van der Waals surface area (Å²) in [5.41, 5.74) is 2.88. The third kappa shape index (κ3) is 3.88. The average molecular weight is 268 g/mol. The van der Waals surface area contributed by atoms with Crippen molar-refractivity contribution in [1.29, 1.82) is 0 Å². The van der Waals surface area contributed by atoms with E-state index in [0.717, 1.165) is 21.3 Å². The summed E-state index contributed by atoms with van der Waals surface area (Å²) in [7, 11) is 0. The van der Waals surface area contributed by atoms with Gasteiger partial charge in [0.25, 0.3) is 0 Å². The Hall–Kier alpha value is -1.09. The van der Waals surface area contributed by atoms with E-state index in [9.17, 15) is 4.79 Å². The molecule has 0 aliphatic heterocycles. The first kappa shape index (κ1) is 12.0. The van der Waals surface area contributed by atoms with Gasteiger partial charge in [0.2, 0.25) is 5.91 Å². The molecule has 80 valence electrons. The number of benzene rings is 1. The molecule has 0 atom stereocenters. The first-order valence-electron chi connectivity index (χ1n) is 4.71. The molecule has 1 N–H and O–H groups in total. The summed E-state index contributed by atoms with van der Waals surface area (Å²) in [5, 5.41) is 2.83. The summed E-state index contributed by atoms with van der Waals surface area (Å²) in [6, 6.07) is 5.76. The van der Waals surface area contributed by atoms with Crippen molar-refractivity contribution >= 4 is 27.5 Å². The van der Waals surface area contributed by atoms with E-state index in [-0.39, 0.29) is 5.91 Å². The number of halogens is 1. The van der Waals surface area contributed by atoms with Crippen LogP contribution in [0.3, 0.4) is 0 Å². The second-order valence-corrected chi connectivity index (χ2v) is 4.59. The van der Waals surface area contributed by atoms with Crippen LogP contribution in [-0.4, -0.2) is 5.91 Å². The fraction of sp³-hybridized carbons (Fsp3) is 0.250. The van der Waals surface area contributed by atoms with Crippen LogP contribution in [-0.2, 0) is 4.79 Å². The largest absolute Gasteiger partial charge is 0.322 e. The number of carbonyl (C=O) groups excluding carboxylic acids is 1. The minimum Gasteiger partial charge on any atom is -0.322 e. The van der Waals surface area contributed by atoms with Crippen molar-refractivity contribution < 1.29 is 4.79 Å². The lowest BCUT2D eigenvalue weighted by molar-refractivity contribution is -0.111. The summed E-state index contributed by atoms with van der Waals surface area (Å²) in [4.78, 5) is 11.5. The quantitative estimate of drug-likeness (QED) is 0.815. The summed E-state index contributed by atoms with van der Waals surface area (Å²) in [6.07, 6.45) is 1.58. The van der Waals surface area contributed by atoms with Crippen LogP contribution >= 0.6 is 15.9 Å². The van der Waals surface area contributed by atoms with Gasteiger partial charge in [0.1, 0.15) is 0 Å². The Morgan fingerprint density at radius 1 is 1.40 bits per heavy atom. The number of nitrogens with one attached hydrogen (secondary N) is 1. The molecular weight excluding hydrogens is 254 g/mol. The summed E-state index contributed by atoms with van der Waals surface area (Å²) in [6.45, 7) is 5.75. The van der Waals surface area contributed by atoms with Crippen LogP contribution < -0.4 is 5.32 Å². The number of aryl methyl sites for hydroxylation is 1. The number of amides is 1. The van der Waals surface area contributed by atoms with Gasteiger partial charge in [-0.05, 0) is 44.5 Å². The Morgan fingerprint density at radius 2 is 2.07 bits per heavy atom. The second-order valence-electron chi connectivity index (χ2n) is 3.67. The zero-order chi connectivity index (χ0) is 11.4. The maximum atomic E-state index is 11.5. The van der Waals surface area contributed by atoms with Gasteiger partial charge in [-0.15, -0.1) is 0 Å². The highest BCUT2D eigenvalue weighted by atomic mass is 79.9. The van der Waals surface area contributed by atoms with Crippen molar-refractivity contribution in [3.05, 3.63) is 39.9 Å². The van der Waals surface area contributed by atoms with Gasteiger partial charge in [0.05, 0.1) is 0 Å². The molecule has 1 amide bonds. The van der Waals surface area contributed by atoms with Crippen LogP contribution in [0.2, 0.25) is 0 Å². The third-order valence-electron chi connectivity index (χ3n) is 1.87. The van der Waals surface area contributed by atoms with Gasteiger partial charge >= 0.3 is 0 Å². The molecule has 0 fully saturated rings. The molecule has 0 aromatic heterocycles. The smallest absolute Gasteiger partial charge is 0.248 e. The van der Waals surface area contributed by atoms with Gasteiger partial charge in [-0.1, -0.05) is 21.5 Å². The molecule has 1 aromatic rings. The van der Waals surface area contributed by atoms with E-state index < -0.39 is 0 Å². The molecule has 0 saturated carbocycles. The Balaban J connectivity index is 2.82. The second kappa shape index (κ2) is 5.12. The lowest BCUT2D eigenvalue weighted by Gasteiger charge is -2.06. The molecule has 0 heterocycles. The highest BCUT2D eigenvalue weighted by Crippen LogP contribution is 2.19. The number of rotatable bonds is 2. The van der Waals surface area contributed by atoms with E-state index in [2.05, 4.69) is 21.2 Å². The summed E-state index contributed by atoms with van der Waals surface area (Å²) in [5.74, 6) is -0.0829. The number of allylic oxidation sites excluding steroid dienone is 1. The van der Waals surface area contributed by atoms with Crippen molar-refractivity contribution in [2.24, 2.45) is 0 Å². The minimum atomic E-state index is -0.0829. The van der Waals surface area contributed by atoms with E-state index in [0.29, 0.717) is 0 Å². The van der Waals surface area contributed by atoms with E-state index in [1.165, 1.54) is 0 Å². The Kier molecular flexibility index (Phi) is 4.09. The molecule has 0 aliphatic carbocycles. The van der Waals surface area contributed by atoms with Gasteiger partial charge in [0.15, 0.2) is 0 Å². The van der Waals surface area contributed by atoms with Crippen LogP contribution in [0.4, 0.5) is 5.69 Å². The van der Waals surface area contributed by atoms with Crippen LogP contribution in [0, 0.1) is 6.92 Å². The molecule has 0 unspecified atom stereocenters. The highest BCUT2D eigenvalue weighted by molar-refractivity contribution is 9.10. The molecule has 2 nitrogen and oxygen atoms in total. The zero-order valence-electron chi connectivity index (χ0n) is 9.10. The number of anilines is 1. The van der Waals surface area contributed by atoms with Gasteiger partial charge in [-0.2, -0.15) is 0 Å². The number of hydrogen-bond acceptors (Lipinski definition) is 1. The van der Waals surface area contributed by atoms with E-state index in [4.69, 9.17) is 0 Å². The lowest BCUT2D eigenvalue weighted by Crippen LogP contribution is -2.09. The van der Waals surface area contributed by atoms with E-state index in [1.54, 1.807) is 6.08 Å². The minimum absolute atomic E-state index is 0.0829. The predicted octanol–water partition coefficient (Wildman–Crippen LogP) is 3.66. The van der Waals surface area contributed by atoms with Gasteiger partial charge in [-0.25, -0.2) is 0 Å². The van der Waals surface area contributed by atoms with Crippen molar-refractivity contribution in [2.75, 3.05) is 5.32 Å². The van der Waals surface area contributed by atoms with Crippen LogP contribution in [0.1, 0.15) is 19.4 Å². The Labute approximate surface area is 98.5 Å². The number of carbonyl (C=O) groups is 1. The summed E-state index contributed by atoms with van der Waals surface area (Å²) >= 11 is 3.38. The van der Waals surface area contributed by atoms with Crippen molar-refractivity contribution in [3.8, 4) is 0 Å². The molecule has 0 aliphatic rings. The topological polar surface area (TPSA) is 29.1 Å². The van der Waals surface area contributed by atoms with Gasteiger partial charge < -0.3 is 5.32 Å². The molecule has 0 spiro atoms. The van der Waals surface area contributed by atoms with Crippen molar-refractivity contribution in [3.63, 3.8) is 0 Å². The maximum absolute atomic E-state index is 11.5. The van der Waals surface area contributed by atoms with Crippen LogP contribution in [0.25, 0.3) is 0 Å². The van der Waals surface area contributed by atoms with Crippen molar-refractivity contribution in [2.45, 2.75) is 20.8 Å². The molecular formula is C12H14BrNO. The Morgan fingerprint density at radius 3 is 2.60 bits per heavy atom. The first-order valence-corrected chi connectivity index (χ1v) is 5.50. The lowest BCUT2D eigenvalue weighted by atomic mass is 10.2. The maximum Gasteiger partial charge on any atom is 0.248 e. The first-order chi connectivity index (χ1) is 6.99. The highest BCUT2D eigenvalue weighted by Gasteiger charge is 2.01. The normalized spacial score (nSPS) is 9.60. The fourth-order valence-corrected chi connectivity index (χ4v) is 1.67. The predicted molar refractivity (Wildman–Crippen MR) is 66.9 cm³/mol. The zero-order valence-corrected chi connectivity index (χ0v) is 10.7. The fourth-order valence-electron chi connectivity index (χ4n) is 1.20. The molecule has 0 saturated heterocycles. The summed E-state index contributed by atoms with van der Waals surface area (Å²) < 4.78 is 1.01. The molecule has 1 rings (SSSR count). The third-order valence-corrected chi connectivity index (χ3v) is 2.36. The van der Waals surface area contributed by atoms with E-state index >= 15 is 0 Å². The monoisotopic (exact) mass is 267 g/mol. The molecule has 0 radical (unpaired) electrons. The molecule has 15 heavy (non-hydrogen) atoms. The standard InChI is InChI=1S/C12H14BrNO/c1-8(2)6-12(15)14-11-5-4-10(13)7-9(11)3/h4-7H,1-3H3,(H,14,15). The van der Waals surface area contributed by atoms with Gasteiger partial charge in [-0.3, -0.25) is 4.79 Å². The van der Waals surface area contributed by atoms with Crippen LogP contribution in [0.5, 0.6) is 0 Å².